The number of nitro benzene ring substituents is 1. The van der Waals surface area contributed by atoms with Crippen LogP contribution >= 0.6 is 0 Å². The van der Waals surface area contributed by atoms with Gasteiger partial charge in [-0.15, -0.1) is 0 Å². The molecule has 0 aliphatic carbocycles. The molecular formula is C18H26N4O8. The Morgan fingerprint density at radius 2 is 1.83 bits per heavy atom. The molecule has 0 radical (unpaired) electrons. The molecule has 0 aromatic heterocycles. The van der Waals surface area contributed by atoms with Gasteiger partial charge in [0.25, 0.3) is 5.69 Å². The molecule has 166 valence electrons. The predicted octanol–water partition coefficient (Wildman–Crippen LogP) is 0.465. The van der Waals surface area contributed by atoms with Gasteiger partial charge in [-0.1, -0.05) is 0 Å². The number of nitro groups is 1. The number of amides is 3. The lowest BCUT2D eigenvalue weighted by Gasteiger charge is -2.17. The number of hydrogen-bond acceptors (Lipinski definition) is 8. The smallest absolute Gasteiger partial charge is 0.281 e. The Hall–Kier alpha value is -3.41. The van der Waals surface area contributed by atoms with Crippen molar-refractivity contribution in [1.29, 1.82) is 0 Å². The molecule has 0 aliphatic rings. The lowest BCUT2D eigenvalue weighted by atomic mass is 10.1. The molecule has 1 rings (SSSR count). The largest absolute Gasteiger partial charge is 0.491 e. The molecule has 12 heteroatoms. The third-order valence-corrected chi connectivity index (χ3v) is 3.82. The van der Waals surface area contributed by atoms with Crippen molar-refractivity contribution in [3.8, 4) is 11.5 Å². The van der Waals surface area contributed by atoms with Crippen molar-refractivity contribution in [1.82, 2.24) is 10.6 Å². The summed E-state index contributed by atoms with van der Waals surface area (Å²) in [5, 5.41) is 28.5. The number of benzene rings is 1. The third kappa shape index (κ3) is 7.54. The predicted molar refractivity (Wildman–Crippen MR) is 106 cm³/mol. The maximum Gasteiger partial charge on any atom is 0.281 e. The molecule has 0 saturated heterocycles. The number of hydrogen-bond donors (Lipinski definition) is 4. The minimum atomic E-state index is -0.703. The second-order valence-electron chi connectivity index (χ2n) is 6.16. The first-order valence-electron chi connectivity index (χ1n) is 9.11. The number of aliphatic hydroxyl groups is 1. The number of carbonyl (C=O) groups excluding carboxylic acids is 3. The van der Waals surface area contributed by atoms with Gasteiger partial charge in [-0.25, -0.2) is 0 Å². The standard InChI is InChI=1S/C18H26N4O8/c1-11(24)19-6-7-20-16(26)5-4-8-30-15-9-14(22(27)28)13(10-23)17(18(15)29-3)21-12(2)25/h9,23H,4-8,10H2,1-3H3,(H,19,24)(H,20,26)(H,21,25). The number of methoxy groups -OCH3 is 1. The lowest BCUT2D eigenvalue weighted by Crippen LogP contribution is -2.33. The van der Waals surface area contributed by atoms with E-state index in [-0.39, 0.29) is 47.6 Å². The SMILES string of the molecule is COc1c(OCCCC(=O)NCCNC(C)=O)cc([N+](=O)[O-])c(CO)c1NC(C)=O. The van der Waals surface area contributed by atoms with E-state index in [0.29, 0.717) is 19.5 Å². The zero-order valence-corrected chi connectivity index (χ0v) is 17.1. The number of carbonyl (C=O) groups is 3. The average Bonchev–Trinajstić information content (AvgIpc) is 2.67. The number of nitrogens with one attached hydrogen (secondary N) is 3. The number of rotatable bonds is 12. The molecule has 0 spiro atoms. The summed E-state index contributed by atoms with van der Waals surface area (Å²) < 4.78 is 10.8. The van der Waals surface area contributed by atoms with Crippen LogP contribution in [0.3, 0.4) is 0 Å². The van der Waals surface area contributed by atoms with Crippen LogP contribution in [-0.2, 0) is 21.0 Å². The van der Waals surface area contributed by atoms with Crippen molar-refractivity contribution >= 4 is 29.1 Å². The van der Waals surface area contributed by atoms with Gasteiger partial charge in [0.1, 0.15) is 0 Å². The first kappa shape index (κ1) is 24.6. The molecule has 0 atom stereocenters. The molecule has 1 aromatic rings. The van der Waals surface area contributed by atoms with Gasteiger partial charge in [0.2, 0.25) is 17.7 Å². The first-order chi connectivity index (χ1) is 14.2. The molecule has 1 aromatic carbocycles. The van der Waals surface area contributed by atoms with E-state index in [1.54, 1.807) is 0 Å². The fraction of sp³-hybridized carbons (Fsp3) is 0.500. The summed E-state index contributed by atoms with van der Waals surface area (Å²) in [6.07, 6.45) is 0.442. The first-order valence-corrected chi connectivity index (χ1v) is 9.11. The molecule has 0 heterocycles. The van der Waals surface area contributed by atoms with Crippen LogP contribution in [0.15, 0.2) is 6.07 Å². The molecule has 0 saturated carbocycles. The van der Waals surface area contributed by atoms with Crippen LogP contribution in [0.1, 0.15) is 32.3 Å². The highest BCUT2D eigenvalue weighted by molar-refractivity contribution is 5.93. The summed E-state index contributed by atoms with van der Waals surface area (Å²) in [5.41, 5.74) is -0.599. The van der Waals surface area contributed by atoms with E-state index in [4.69, 9.17) is 9.47 Å². The highest BCUT2D eigenvalue weighted by Crippen LogP contribution is 2.43. The van der Waals surface area contributed by atoms with E-state index in [9.17, 15) is 29.6 Å². The number of anilines is 1. The summed E-state index contributed by atoms with van der Waals surface area (Å²) in [6, 6.07) is 1.10. The quantitative estimate of drug-likeness (QED) is 0.212. The maximum atomic E-state index is 11.8. The molecule has 3 amide bonds. The van der Waals surface area contributed by atoms with Crippen LogP contribution in [0.2, 0.25) is 0 Å². The van der Waals surface area contributed by atoms with Gasteiger partial charge in [-0.2, -0.15) is 0 Å². The van der Waals surface area contributed by atoms with Gasteiger partial charge in [0.15, 0.2) is 11.5 Å². The van der Waals surface area contributed by atoms with E-state index in [2.05, 4.69) is 16.0 Å². The van der Waals surface area contributed by atoms with Crippen molar-refractivity contribution in [3.63, 3.8) is 0 Å². The van der Waals surface area contributed by atoms with Gasteiger partial charge in [0, 0.05) is 33.4 Å². The Labute approximate surface area is 173 Å². The van der Waals surface area contributed by atoms with E-state index >= 15 is 0 Å². The Bertz CT molecular complexity index is 797. The van der Waals surface area contributed by atoms with Crippen LogP contribution in [-0.4, -0.2) is 54.6 Å². The van der Waals surface area contributed by atoms with Crippen molar-refractivity contribution < 1.29 is 33.9 Å². The van der Waals surface area contributed by atoms with E-state index in [1.165, 1.54) is 21.0 Å². The summed E-state index contributed by atoms with van der Waals surface area (Å²) in [4.78, 5) is 44.7. The number of ether oxygens (including phenoxy) is 2. The van der Waals surface area contributed by atoms with Gasteiger partial charge in [0.05, 0.1) is 42.6 Å². The van der Waals surface area contributed by atoms with Crippen LogP contribution in [0, 0.1) is 10.1 Å². The normalized spacial score (nSPS) is 10.1. The van der Waals surface area contributed by atoms with Gasteiger partial charge in [-0.3, -0.25) is 24.5 Å². The molecule has 0 aliphatic heterocycles. The molecule has 0 bridgehead atoms. The summed E-state index contributed by atoms with van der Waals surface area (Å²) in [6.45, 7) is 2.56. The Morgan fingerprint density at radius 3 is 2.37 bits per heavy atom. The van der Waals surface area contributed by atoms with Gasteiger partial charge < -0.3 is 30.5 Å². The van der Waals surface area contributed by atoms with Crippen molar-refractivity contribution in [3.05, 3.63) is 21.7 Å². The molecule has 0 unspecified atom stereocenters. The van der Waals surface area contributed by atoms with Crippen LogP contribution in [0.5, 0.6) is 11.5 Å². The molecular weight excluding hydrogens is 400 g/mol. The Balaban J connectivity index is 2.82. The van der Waals surface area contributed by atoms with E-state index in [0.717, 1.165) is 6.07 Å². The van der Waals surface area contributed by atoms with Gasteiger partial charge in [-0.05, 0) is 6.42 Å². The van der Waals surface area contributed by atoms with Crippen LogP contribution in [0.4, 0.5) is 11.4 Å². The fourth-order valence-electron chi connectivity index (χ4n) is 2.55. The fourth-order valence-corrected chi connectivity index (χ4v) is 2.55. The maximum absolute atomic E-state index is 11.8. The number of aliphatic hydroxyl groups excluding tert-OH is 1. The topological polar surface area (TPSA) is 169 Å². The summed E-state index contributed by atoms with van der Waals surface area (Å²) in [5.74, 6) is -0.913. The summed E-state index contributed by atoms with van der Waals surface area (Å²) >= 11 is 0. The molecule has 4 N–H and O–H groups in total. The highest BCUT2D eigenvalue weighted by atomic mass is 16.6. The average molecular weight is 426 g/mol. The van der Waals surface area contributed by atoms with Crippen molar-refractivity contribution in [2.45, 2.75) is 33.3 Å². The summed E-state index contributed by atoms with van der Waals surface area (Å²) in [7, 11) is 1.29. The second-order valence-corrected chi connectivity index (χ2v) is 6.16. The molecule has 0 fully saturated rings. The molecule has 12 nitrogen and oxygen atoms in total. The zero-order valence-electron chi connectivity index (χ0n) is 17.1. The zero-order chi connectivity index (χ0) is 22.7. The van der Waals surface area contributed by atoms with E-state index < -0.39 is 23.1 Å². The lowest BCUT2D eigenvalue weighted by molar-refractivity contribution is -0.385. The monoisotopic (exact) mass is 426 g/mol. The van der Waals surface area contributed by atoms with Crippen molar-refractivity contribution in [2.24, 2.45) is 0 Å². The van der Waals surface area contributed by atoms with E-state index in [1.807, 2.05) is 0 Å². The minimum Gasteiger partial charge on any atom is -0.491 e. The van der Waals surface area contributed by atoms with Crippen LogP contribution < -0.4 is 25.4 Å². The second kappa shape index (κ2) is 12.2. The minimum absolute atomic E-state index is 0.00350. The highest BCUT2D eigenvalue weighted by Gasteiger charge is 2.26. The number of nitrogens with zero attached hydrogens (tertiary/aromatic N) is 1. The molecule has 30 heavy (non-hydrogen) atoms. The van der Waals surface area contributed by atoms with Gasteiger partial charge >= 0.3 is 0 Å². The Morgan fingerprint density at radius 1 is 1.17 bits per heavy atom. The Kier molecular flexibility index (Phi) is 10.0. The van der Waals surface area contributed by atoms with Crippen LogP contribution in [0.25, 0.3) is 0 Å². The van der Waals surface area contributed by atoms with Crippen molar-refractivity contribution in [2.75, 3.05) is 32.1 Å². The third-order valence-electron chi connectivity index (χ3n) is 3.82.